The zero-order valence-electron chi connectivity index (χ0n) is 16.0. The Labute approximate surface area is 169 Å². The highest BCUT2D eigenvalue weighted by Crippen LogP contribution is 2.25. The number of carboxylic acid groups (broad SMARTS) is 1. The number of aliphatic carboxylic acids is 1. The van der Waals surface area contributed by atoms with E-state index >= 15 is 0 Å². The summed E-state index contributed by atoms with van der Waals surface area (Å²) in [6.45, 7) is 0.325. The van der Waals surface area contributed by atoms with Gasteiger partial charge in [-0.05, 0) is 17.7 Å². The molecule has 1 aliphatic rings. The van der Waals surface area contributed by atoms with Crippen LogP contribution in [0.2, 0.25) is 0 Å². The summed E-state index contributed by atoms with van der Waals surface area (Å²) in [5.74, 6) is -1.73. The molecule has 1 heterocycles. The minimum absolute atomic E-state index is 0.0134. The molecule has 1 atom stereocenters. The molecule has 1 unspecified atom stereocenters. The van der Waals surface area contributed by atoms with Crippen LogP contribution < -0.4 is 5.32 Å². The molecule has 1 fully saturated rings. The van der Waals surface area contributed by atoms with Gasteiger partial charge < -0.3 is 20.4 Å². The monoisotopic (exact) mass is 396 g/mol. The highest BCUT2D eigenvalue weighted by Gasteiger charge is 2.40. The van der Waals surface area contributed by atoms with E-state index in [4.69, 9.17) is 5.11 Å². The van der Waals surface area contributed by atoms with Gasteiger partial charge in [-0.1, -0.05) is 48.5 Å². The highest BCUT2D eigenvalue weighted by molar-refractivity contribution is 5.94. The van der Waals surface area contributed by atoms with E-state index in [2.05, 4.69) is 5.32 Å². The lowest BCUT2D eigenvalue weighted by atomic mass is 9.91. The first kappa shape index (κ1) is 20.5. The van der Waals surface area contributed by atoms with Crippen molar-refractivity contribution in [1.82, 2.24) is 10.2 Å². The zero-order chi connectivity index (χ0) is 20.9. The molecule has 0 bridgehead atoms. The number of nitrogens with zero attached hydrogens (tertiary/aromatic N) is 1. The van der Waals surface area contributed by atoms with Crippen molar-refractivity contribution in [3.05, 3.63) is 71.8 Å². The lowest BCUT2D eigenvalue weighted by molar-refractivity contribution is -0.165. The number of carbonyl (C=O) groups excluding carboxylic acids is 2. The van der Waals surface area contributed by atoms with Gasteiger partial charge in [-0.25, -0.2) is 4.79 Å². The normalized spacial score (nSPS) is 16.7. The number of hydrogen-bond acceptors (Lipinski definition) is 4. The number of benzene rings is 2. The van der Waals surface area contributed by atoms with E-state index in [1.165, 1.54) is 0 Å². The Kier molecular flexibility index (Phi) is 6.29. The Morgan fingerprint density at radius 1 is 0.966 bits per heavy atom. The predicted octanol–water partition coefficient (Wildman–Crippen LogP) is 1.99. The van der Waals surface area contributed by atoms with Gasteiger partial charge in [0.2, 0.25) is 5.91 Å². The summed E-state index contributed by atoms with van der Waals surface area (Å²) >= 11 is 0. The summed E-state index contributed by atoms with van der Waals surface area (Å²) < 4.78 is 0. The van der Waals surface area contributed by atoms with E-state index in [1.54, 1.807) is 29.2 Å². The van der Waals surface area contributed by atoms with Crippen molar-refractivity contribution in [1.29, 1.82) is 0 Å². The lowest BCUT2D eigenvalue weighted by Crippen LogP contribution is -2.51. The van der Waals surface area contributed by atoms with E-state index in [0.717, 1.165) is 5.56 Å². The van der Waals surface area contributed by atoms with Crippen molar-refractivity contribution in [2.24, 2.45) is 0 Å². The summed E-state index contributed by atoms with van der Waals surface area (Å²) in [6.07, 6.45) is 0.0228. The molecule has 0 saturated carbocycles. The first-order valence-corrected chi connectivity index (χ1v) is 9.53. The molecular formula is C22H24N2O5. The minimum Gasteiger partial charge on any atom is -0.479 e. The van der Waals surface area contributed by atoms with Crippen molar-refractivity contribution in [3.63, 3.8) is 0 Å². The zero-order valence-corrected chi connectivity index (χ0v) is 16.0. The number of aliphatic hydroxyl groups is 1. The van der Waals surface area contributed by atoms with Crippen LogP contribution in [-0.4, -0.2) is 51.6 Å². The summed E-state index contributed by atoms with van der Waals surface area (Å²) in [5.41, 5.74) is -0.466. The van der Waals surface area contributed by atoms with Gasteiger partial charge in [0, 0.05) is 31.5 Å². The van der Waals surface area contributed by atoms with E-state index in [0.29, 0.717) is 5.56 Å². The lowest BCUT2D eigenvalue weighted by Gasteiger charge is -2.36. The van der Waals surface area contributed by atoms with Crippen LogP contribution in [0.25, 0.3) is 0 Å². The summed E-state index contributed by atoms with van der Waals surface area (Å²) in [7, 11) is 0. The smallest absolute Gasteiger partial charge is 0.335 e. The van der Waals surface area contributed by atoms with Crippen molar-refractivity contribution >= 4 is 17.8 Å². The maximum absolute atomic E-state index is 12.8. The van der Waals surface area contributed by atoms with Gasteiger partial charge in [0.15, 0.2) is 5.60 Å². The fraction of sp³-hybridized carbons (Fsp3) is 0.318. The van der Waals surface area contributed by atoms with Crippen molar-refractivity contribution < 1.29 is 24.6 Å². The first-order valence-electron chi connectivity index (χ1n) is 9.53. The fourth-order valence-electron chi connectivity index (χ4n) is 3.41. The third-order valence-corrected chi connectivity index (χ3v) is 5.26. The summed E-state index contributed by atoms with van der Waals surface area (Å²) in [4.78, 5) is 38.2. The number of rotatable bonds is 6. The topological polar surface area (TPSA) is 107 Å². The van der Waals surface area contributed by atoms with Crippen molar-refractivity contribution in [2.75, 3.05) is 13.1 Å². The Morgan fingerprint density at radius 3 is 2.07 bits per heavy atom. The Balaban J connectivity index is 1.70. The van der Waals surface area contributed by atoms with Crippen LogP contribution in [0.1, 0.15) is 41.2 Å². The molecule has 7 nitrogen and oxygen atoms in total. The van der Waals surface area contributed by atoms with Crippen LogP contribution >= 0.6 is 0 Å². The standard InChI is InChI=1S/C22H24N2O5/c25-19(24-13-11-22(29,12-14-24)21(27)28)15-18(16-7-3-1-4-8-16)23-20(26)17-9-5-2-6-10-17/h1-10,18,29H,11-15H2,(H,23,26)(H,27,28). The average molecular weight is 396 g/mol. The molecule has 0 aliphatic carbocycles. The molecule has 0 radical (unpaired) electrons. The van der Waals surface area contributed by atoms with E-state index in [1.807, 2.05) is 36.4 Å². The second-order valence-corrected chi connectivity index (χ2v) is 7.22. The molecule has 2 aromatic carbocycles. The molecular weight excluding hydrogens is 372 g/mol. The van der Waals surface area contributed by atoms with E-state index < -0.39 is 17.6 Å². The Bertz CT molecular complexity index is 861. The second-order valence-electron chi connectivity index (χ2n) is 7.22. The van der Waals surface area contributed by atoms with Gasteiger partial charge in [0.05, 0.1) is 12.5 Å². The molecule has 3 rings (SSSR count). The number of piperidine rings is 1. The number of carboxylic acids is 1. The van der Waals surface area contributed by atoms with Crippen LogP contribution in [0.4, 0.5) is 0 Å². The van der Waals surface area contributed by atoms with Crippen LogP contribution in [0.5, 0.6) is 0 Å². The van der Waals surface area contributed by atoms with Gasteiger partial charge in [-0.15, -0.1) is 0 Å². The third kappa shape index (κ3) is 5.00. The molecule has 0 aromatic heterocycles. The van der Waals surface area contributed by atoms with Gasteiger partial charge in [0.1, 0.15) is 0 Å². The summed E-state index contributed by atoms with van der Waals surface area (Å²) in [6, 6.07) is 17.5. The van der Waals surface area contributed by atoms with Crippen molar-refractivity contribution in [3.8, 4) is 0 Å². The summed E-state index contributed by atoms with van der Waals surface area (Å²) in [5, 5.41) is 22.1. The van der Waals surface area contributed by atoms with E-state index in [-0.39, 0.29) is 44.2 Å². The van der Waals surface area contributed by atoms with E-state index in [9.17, 15) is 19.5 Å². The predicted molar refractivity (Wildman–Crippen MR) is 106 cm³/mol. The molecule has 152 valence electrons. The Hall–Kier alpha value is -3.19. The molecule has 0 spiro atoms. The minimum atomic E-state index is -1.78. The number of carbonyl (C=O) groups is 3. The molecule has 7 heteroatoms. The van der Waals surface area contributed by atoms with Gasteiger partial charge in [-0.3, -0.25) is 9.59 Å². The van der Waals surface area contributed by atoms with Gasteiger partial charge in [-0.2, -0.15) is 0 Å². The maximum atomic E-state index is 12.8. The number of amides is 2. The fourth-order valence-corrected chi connectivity index (χ4v) is 3.41. The number of nitrogens with one attached hydrogen (secondary N) is 1. The first-order chi connectivity index (χ1) is 13.9. The largest absolute Gasteiger partial charge is 0.479 e. The SMILES string of the molecule is O=C(NC(CC(=O)N1CCC(O)(C(=O)O)CC1)c1ccccc1)c1ccccc1. The second kappa shape index (κ2) is 8.87. The molecule has 3 N–H and O–H groups in total. The van der Waals surface area contributed by atoms with Crippen molar-refractivity contribution in [2.45, 2.75) is 30.9 Å². The molecule has 1 saturated heterocycles. The third-order valence-electron chi connectivity index (χ3n) is 5.26. The Morgan fingerprint density at radius 2 is 1.52 bits per heavy atom. The van der Waals surface area contributed by atoms with Gasteiger partial charge >= 0.3 is 5.97 Å². The molecule has 2 aromatic rings. The molecule has 29 heavy (non-hydrogen) atoms. The highest BCUT2D eigenvalue weighted by atomic mass is 16.4. The van der Waals surface area contributed by atoms with Crippen LogP contribution in [0, 0.1) is 0 Å². The van der Waals surface area contributed by atoms with Crippen LogP contribution in [-0.2, 0) is 9.59 Å². The quantitative estimate of drug-likeness (QED) is 0.692. The molecule has 2 amide bonds. The average Bonchev–Trinajstić information content (AvgIpc) is 2.74. The molecule has 1 aliphatic heterocycles. The maximum Gasteiger partial charge on any atom is 0.335 e. The van der Waals surface area contributed by atoms with Crippen LogP contribution in [0.3, 0.4) is 0 Å². The van der Waals surface area contributed by atoms with Gasteiger partial charge in [0.25, 0.3) is 5.91 Å². The number of hydrogen-bond donors (Lipinski definition) is 3. The van der Waals surface area contributed by atoms with Crippen LogP contribution in [0.15, 0.2) is 60.7 Å². The number of likely N-dealkylation sites (tertiary alicyclic amines) is 1.